The number of halogens is 7. The molecule has 5 saturated heterocycles. The summed E-state index contributed by atoms with van der Waals surface area (Å²) in [7, 11) is 0. The van der Waals surface area contributed by atoms with E-state index in [4.69, 9.17) is 74.5 Å². The largest absolute Gasteiger partial charge is 0.384 e. The Morgan fingerprint density at radius 3 is 0.960 bits per heavy atom. The van der Waals surface area contributed by atoms with E-state index in [0.717, 1.165) is 260 Å². The topological polar surface area (TPSA) is 578 Å². The number of nitrogens with two attached hydrogens (primary N) is 13. The zero-order chi connectivity index (χ0) is 88.0. The van der Waals surface area contributed by atoms with E-state index in [1.165, 1.54) is 25.7 Å². The second-order valence-electron chi connectivity index (χ2n) is 32.4. The van der Waals surface area contributed by atoms with Crippen LogP contribution >= 0.6 is 112 Å². The van der Waals surface area contributed by atoms with Crippen LogP contribution in [-0.4, -0.2) is 217 Å². The molecular weight excluding hydrogens is 2060 g/mol. The molecule has 2 atom stereocenters. The van der Waals surface area contributed by atoms with Gasteiger partial charge in [-0.05, 0) is 233 Å². The van der Waals surface area contributed by atoms with Crippen LogP contribution in [-0.2, 0) is 12.8 Å². The third-order valence-electron chi connectivity index (χ3n) is 23.3. The predicted octanol–water partition coefficient (Wildman–Crippen LogP) is 7.98. The number of rotatable bonds is 10. The number of nitrogen functional groups attached to an aromatic ring is 7. The summed E-state index contributed by atoms with van der Waals surface area (Å²) in [6.07, 6.45) is 29.5. The summed E-state index contributed by atoms with van der Waals surface area (Å²) < 4.78 is 17.4. The lowest BCUT2D eigenvalue weighted by atomic mass is 9.84. The van der Waals surface area contributed by atoms with Gasteiger partial charge in [-0.3, -0.25) is 0 Å². The molecule has 19 heterocycles. The van der Waals surface area contributed by atoms with E-state index in [-0.39, 0.29) is 12.1 Å². The molecule has 0 bridgehead atoms. The molecule has 47 heteroatoms. The summed E-state index contributed by atoms with van der Waals surface area (Å²) in [5, 5.41) is 32.5. The highest BCUT2D eigenvalue weighted by Gasteiger charge is 2.30. The summed E-state index contributed by atoms with van der Waals surface area (Å²) in [5.41, 5.74) is 84.5. The van der Waals surface area contributed by atoms with E-state index in [0.29, 0.717) is 83.3 Å². The molecule has 0 unspecified atom stereocenters. The van der Waals surface area contributed by atoms with Crippen molar-refractivity contribution in [1.29, 1.82) is 0 Å². The van der Waals surface area contributed by atoms with Gasteiger partial charge in [-0.2, -0.15) is 67.3 Å². The second-order valence-corrected chi connectivity index (χ2v) is 38.4. The van der Waals surface area contributed by atoms with Gasteiger partial charge < -0.3 is 104 Å². The van der Waals surface area contributed by atoms with Gasteiger partial charge in [-0.15, -0.1) is 0 Å². The number of piperidine rings is 1. The molecule has 7 aliphatic rings. The summed E-state index contributed by atoms with van der Waals surface area (Å²) in [5.74, 6) is 9.99. The van der Waals surface area contributed by atoms with Crippen LogP contribution in [0.4, 0.5) is 69.8 Å². The summed E-state index contributed by atoms with van der Waals surface area (Å²) >= 11 is 24.0. The SMILES string of the molecule is NC[C@H]1CCCN1c1cc(N)n2ncc(Br)c2n1.Nc1cc(CC2CCC(N)CC2)nc2c(Br)cnn12.Nc1cc(CC2CCC(N)CC2)nc2c(Br)cnn12.Nc1cc(N2CC(N)C2)nc2c(Br)cnn12.Nc1cc(N2CCC(N)CC2)nc2c(Br)cnn12.Nc1cc(N2CCCNCC2)nc2c(Br)cnn12.Nc1cc(N2CC[C@@H](N)C2)nc2c(Br)cnn12. The highest BCUT2D eigenvalue weighted by atomic mass is 79.9. The Labute approximate surface area is 778 Å². The van der Waals surface area contributed by atoms with Crippen LogP contribution in [0.3, 0.4) is 0 Å². The first kappa shape index (κ1) is 90.8. The van der Waals surface area contributed by atoms with Crippen molar-refractivity contribution in [3.05, 3.63) is 129 Å². The van der Waals surface area contributed by atoms with Gasteiger partial charge in [0.25, 0.3) is 0 Å². The maximum Gasteiger partial charge on any atom is 0.173 e. The number of hydrogen-bond donors (Lipinski definition) is 14. The van der Waals surface area contributed by atoms with Gasteiger partial charge in [0.1, 0.15) is 69.8 Å². The van der Waals surface area contributed by atoms with Crippen molar-refractivity contribution in [2.24, 2.45) is 46.2 Å². The fourth-order valence-electron chi connectivity index (χ4n) is 16.4. The highest BCUT2D eigenvalue weighted by molar-refractivity contribution is 9.11. The van der Waals surface area contributed by atoms with Crippen molar-refractivity contribution in [1.82, 2.24) is 108 Å². The predicted molar refractivity (Wildman–Crippen MR) is 517 cm³/mol. The molecule has 666 valence electrons. The zero-order valence-electron chi connectivity index (χ0n) is 68.8. The van der Waals surface area contributed by atoms with E-state index in [1.54, 1.807) is 75.0 Å². The average Bonchev–Trinajstić information content (AvgIpc) is 1.65. The van der Waals surface area contributed by atoms with Crippen molar-refractivity contribution in [3.8, 4) is 0 Å². The van der Waals surface area contributed by atoms with E-state index >= 15 is 0 Å². The van der Waals surface area contributed by atoms with Gasteiger partial charge in [0.15, 0.2) is 39.5 Å². The van der Waals surface area contributed by atoms with Crippen LogP contribution in [0.15, 0.2) is 117 Å². The average molecular weight is 2160 g/mol. The molecule has 0 spiro atoms. The number of hydrogen-bond acceptors (Lipinski definition) is 33. The van der Waals surface area contributed by atoms with Gasteiger partial charge in [0, 0.05) is 162 Å². The summed E-state index contributed by atoms with van der Waals surface area (Å²) in [6, 6.07) is 15.0. The Hall–Kier alpha value is -8.98. The number of fused-ring (bicyclic) bond motifs is 7. The van der Waals surface area contributed by atoms with Crippen molar-refractivity contribution < 1.29 is 0 Å². The quantitative estimate of drug-likeness (QED) is 0.0617. The number of anilines is 12. The van der Waals surface area contributed by atoms with Crippen LogP contribution in [0.25, 0.3) is 39.5 Å². The van der Waals surface area contributed by atoms with Crippen LogP contribution in [0.2, 0.25) is 0 Å². The molecule has 5 aliphatic heterocycles. The molecule has 14 aromatic heterocycles. The summed E-state index contributed by atoms with van der Waals surface area (Å²) in [4.78, 5) is 43.2. The Kier molecular flexibility index (Phi) is 29.5. The maximum atomic E-state index is 6.02. The lowest BCUT2D eigenvalue weighted by molar-refractivity contribution is 0.323. The minimum absolute atomic E-state index is 0.225. The minimum Gasteiger partial charge on any atom is -0.384 e. The standard InChI is InChI=1S/2C13H18BrN5.3C11H15BrN6.C10H13BrN6.C9H11BrN6/c2*14-11-7-17-19-12(16)6-10(18-13(11)19)5-8-1-3-9(15)4-2-8;12-8-6-15-18-9(14)5-10(16-11(8)18)17-3-1-7(13)2-4-17;12-8-7-15-18-9(13)6-10(16-11(8)18)17-4-1-2-14-3-5-17;12-8-6-15-18-9(14)4-10(16-11(8)18)17-3-1-2-7(17)5-13;11-7-4-14-17-8(13)3-9(15-10(7)17)16-2-1-6(12)5-16;10-6-2-13-16-7(12)1-8(14-9(6)16)15-3-5(11)4-15/h2*6-9H,1-5,15-16H2;5-7H,1-4,13-14H2;6-7,14H,1-5,13H2;4,6-7H,1-3,5,13-14H2;3-4,6H,1-2,5,12-13H2;1-2,5H,3-4,11-12H2/t;;;;7-;6-;/m....11./s1. The molecule has 125 heavy (non-hydrogen) atoms. The minimum atomic E-state index is 0.225. The molecule has 40 nitrogen and oxygen atoms in total. The second kappa shape index (κ2) is 40.6. The van der Waals surface area contributed by atoms with Crippen molar-refractivity contribution >= 4 is 221 Å². The Bertz CT molecular complexity index is 5920. The maximum absolute atomic E-state index is 6.02. The van der Waals surface area contributed by atoms with Gasteiger partial charge in [-0.1, -0.05) is 0 Å². The van der Waals surface area contributed by atoms with Crippen LogP contribution in [0.5, 0.6) is 0 Å². The van der Waals surface area contributed by atoms with E-state index < -0.39 is 0 Å². The molecule has 2 aliphatic carbocycles. The molecule has 0 aromatic carbocycles. The molecule has 2 saturated carbocycles. The first-order valence-electron chi connectivity index (χ1n) is 41.7. The fourth-order valence-corrected chi connectivity index (χ4v) is 18.9. The van der Waals surface area contributed by atoms with Gasteiger partial charge in [0.05, 0.1) is 74.7 Å². The lowest BCUT2D eigenvalue weighted by Crippen LogP contribution is -2.56. The molecular formula is C78H105Br7N40. The van der Waals surface area contributed by atoms with E-state index in [1.807, 2.05) is 42.5 Å². The van der Waals surface area contributed by atoms with Crippen molar-refractivity contribution in [3.63, 3.8) is 0 Å². The van der Waals surface area contributed by atoms with Gasteiger partial charge >= 0.3 is 0 Å². The molecule has 14 aromatic rings. The Morgan fingerprint density at radius 1 is 0.296 bits per heavy atom. The number of nitrogens with one attached hydrogen (secondary N) is 1. The van der Waals surface area contributed by atoms with Crippen molar-refractivity contribution in [2.45, 2.75) is 139 Å². The molecule has 0 amide bonds. The first-order chi connectivity index (χ1) is 60.2. The fraction of sp³-hybridized carbons (Fsp3) is 0.462. The molecule has 27 N–H and O–H groups in total. The number of aromatic nitrogens is 21. The summed E-state index contributed by atoms with van der Waals surface area (Å²) in [6.45, 7) is 10.9. The van der Waals surface area contributed by atoms with E-state index in [2.05, 4.69) is 212 Å². The molecule has 21 rings (SSSR count). The van der Waals surface area contributed by atoms with Gasteiger partial charge in [0.2, 0.25) is 0 Å². The molecule has 0 radical (unpaired) electrons. The highest BCUT2D eigenvalue weighted by Crippen LogP contribution is 2.35. The van der Waals surface area contributed by atoms with Gasteiger partial charge in [-0.25, -0.2) is 34.9 Å². The third kappa shape index (κ3) is 21.4. The Morgan fingerprint density at radius 2 is 0.600 bits per heavy atom. The zero-order valence-corrected chi connectivity index (χ0v) is 79.9. The van der Waals surface area contributed by atoms with E-state index in [9.17, 15) is 0 Å². The third-order valence-corrected chi connectivity index (χ3v) is 27.2. The smallest absolute Gasteiger partial charge is 0.173 e. The van der Waals surface area contributed by atoms with Crippen LogP contribution in [0.1, 0.15) is 101 Å². The Balaban J connectivity index is 0.000000113. The monoisotopic (exact) mass is 2150 g/mol. The first-order valence-corrected chi connectivity index (χ1v) is 47.2. The number of nitrogens with zero attached hydrogens (tertiary/aromatic N) is 26. The molecule has 7 fully saturated rings. The normalized spacial score (nSPS) is 20.0. The van der Waals surface area contributed by atoms with Crippen LogP contribution in [0, 0.1) is 11.8 Å². The van der Waals surface area contributed by atoms with Crippen LogP contribution < -0.4 is 104 Å². The lowest BCUT2D eigenvalue weighted by Gasteiger charge is -2.37. The van der Waals surface area contributed by atoms with Crippen molar-refractivity contribution in [2.75, 3.05) is 143 Å².